The van der Waals surface area contributed by atoms with Gasteiger partial charge in [0.2, 0.25) is 0 Å². The van der Waals surface area contributed by atoms with Crippen LogP contribution in [0.15, 0.2) is 12.2 Å². The van der Waals surface area contributed by atoms with E-state index in [1.807, 2.05) is 6.92 Å². The Hall–Kier alpha value is -1.32. The zero-order chi connectivity index (χ0) is 29.4. The quantitative estimate of drug-likeness (QED) is 0.0501. The first-order valence-corrected chi connectivity index (χ1v) is 17.6. The van der Waals surface area contributed by atoms with Crippen molar-refractivity contribution in [3.05, 3.63) is 12.2 Å². The fourth-order valence-corrected chi connectivity index (χ4v) is 5.37. The summed E-state index contributed by atoms with van der Waals surface area (Å²) in [7, 11) is 0. The Balaban J connectivity index is 3.32. The molecule has 40 heavy (non-hydrogen) atoms. The summed E-state index contributed by atoms with van der Waals surface area (Å²) in [4.78, 5) is 23.1. The van der Waals surface area contributed by atoms with Crippen molar-refractivity contribution in [1.29, 1.82) is 0 Å². The Morgan fingerprint density at radius 1 is 0.550 bits per heavy atom. The molecule has 0 rings (SSSR count). The van der Waals surface area contributed by atoms with E-state index < -0.39 is 11.9 Å². The second-order valence-corrected chi connectivity index (χ2v) is 12.1. The minimum Gasteiger partial charge on any atom is -0.481 e. The maximum absolute atomic E-state index is 11.7. The topological polar surface area (TPSA) is 63.6 Å². The molecule has 0 aromatic heterocycles. The van der Waals surface area contributed by atoms with E-state index in [4.69, 9.17) is 4.74 Å². The summed E-state index contributed by atoms with van der Waals surface area (Å²) in [5.41, 5.74) is 0. The summed E-state index contributed by atoms with van der Waals surface area (Å²) in [6.07, 6.45) is 39.5. The predicted molar refractivity (Wildman–Crippen MR) is 172 cm³/mol. The van der Waals surface area contributed by atoms with E-state index in [9.17, 15) is 14.7 Å². The Labute approximate surface area is 249 Å². The number of aliphatic carboxylic acids is 1. The molecule has 1 atom stereocenters. The normalized spacial score (nSPS) is 12.2. The van der Waals surface area contributed by atoms with Gasteiger partial charge in [-0.25, -0.2) is 0 Å². The van der Waals surface area contributed by atoms with Crippen molar-refractivity contribution in [2.75, 3.05) is 6.61 Å². The molecule has 1 unspecified atom stereocenters. The highest BCUT2D eigenvalue weighted by molar-refractivity contribution is 5.78. The number of carboxylic acid groups (broad SMARTS) is 1. The van der Waals surface area contributed by atoms with Gasteiger partial charge in [-0.05, 0) is 38.5 Å². The standard InChI is InChI=1S/C36H68O4/c1-3-5-6-7-8-9-10-11-12-13-14-15-16-17-18-19-20-21-22-23-24-25-26-27-28-29-30-31-34(36(38)39)33-35(37)40-32-4-2/h17-18,34H,3-16,19-33H2,1-2H3,(H,38,39)/b18-17+. The van der Waals surface area contributed by atoms with Crippen LogP contribution in [0.5, 0.6) is 0 Å². The third-order valence-electron chi connectivity index (χ3n) is 8.04. The molecule has 0 bridgehead atoms. The fourth-order valence-electron chi connectivity index (χ4n) is 5.37. The zero-order valence-electron chi connectivity index (χ0n) is 26.9. The Kier molecular flexibility index (Phi) is 31.1. The molecule has 0 saturated carbocycles. The van der Waals surface area contributed by atoms with Gasteiger partial charge in [0.05, 0.1) is 18.9 Å². The van der Waals surface area contributed by atoms with Gasteiger partial charge in [-0.15, -0.1) is 0 Å². The lowest BCUT2D eigenvalue weighted by atomic mass is 9.97. The molecule has 0 radical (unpaired) electrons. The van der Waals surface area contributed by atoms with Crippen molar-refractivity contribution in [1.82, 2.24) is 0 Å². The molecule has 4 heteroatoms. The van der Waals surface area contributed by atoms with Crippen LogP contribution in [0.25, 0.3) is 0 Å². The van der Waals surface area contributed by atoms with E-state index >= 15 is 0 Å². The van der Waals surface area contributed by atoms with E-state index in [1.54, 1.807) is 0 Å². The Morgan fingerprint density at radius 2 is 0.925 bits per heavy atom. The maximum Gasteiger partial charge on any atom is 0.307 e. The first-order valence-electron chi connectivity index (χ1n) is 17.6. The lowest BCUT2D eigenvalue weighted by Crippen LogP contribution is -2.19. The van der Waals surface area contributed by atoms with Gasteiger partial charge in [0.25, 0.3) is 0 Å². The minimum atomic E-state index is -0.876. The monoisotopic (exact) mass is 565 g/mol. The van der Waals surface area contributed by atoms with Crippen LogP contribution in [0.2, 0.25) is 0 Å². The van der Waals surface area contributed by atoms with E-state index in [2.05, 4.69) is 19.1 Å². The second-order valence-electron chi connectivity index (χ2n) is 12.1. The predicted octanol–water partition coefficient (Wildman–Crippen LogP) is 11.7. The van der Waals surface area contributed by atoms with Gasteiger partial charge in [0.1, 0.15) is 0 Å². The van der Waals surface area contributed by atoms with Gasteiger partial charge < -0.3 is 9.84 Å². The van der Waals surface area contributed by atoms with Crippen molar-refractivity contribution in [3.63, 3.8) is 0 Å². The van der Waals surface area contributed by atoms with Gasteiger partial charge in [0.15, 0.2) is 0 Å². The van der Waals surface area contributed by atoms with E-state index in [1.165, 1.54) is 141 Å². The van der Waals surface area contributed by atoms with Crippen LogP contribution >= 0.6 is 0 Å². The number of allylic oxidation sites excluding steroid dienone is 2. The fraction of sp³-hybridized carbons (Fsp3) is 0.889. The highest BCUT2D eigenvalue weighted by Crippen LogP contribution is 2.18. The number of rotatable bonds is 32. The maximum atomic E-state index is 11.7. The van der Waals surface area contributed by atoms with Crippen LogP contribution in [0.1, 0.15) is 194 Å². The Bertz CT molecular complexity index is 571. The molecule has 4 nitrogen and oxygen atoms in total. The average Bonchev–Trinajstić information content (AvgIpc) is 2.94. The summed E-state index contributed by atoms with van der Waals surface area (Å²) < 4.78 is 5.03. The number of carboxylic acids is 1. The summed E-state index contributed by atoms with van der Waals surface area (Å²) >= 11 is 0. The Morgan fingerprint density at radius 3 is 1.30 bits per heavy atom. The highest BCUT2D eigenvalue weighted by atomic mass is 16.5. The third kappa shape index (κ3) is 29.7. The van der Waals surface area contributed by atoms with Gasteiger partial charge >= 0.3 is 11.9 Å². The zero-order valence-corrected chi connectivity index (χ0v) is 26.9. The van der Waals surface area contributed by atoms with Crippen molar-refractivity contribution >= 4 is 11.9 Å². The van der Waals surface area contributed by atoms with Crippen molar-refractivity contribution in [3.8, 4) is 0 Å². The van der Waals surface area contributed by atoms with Crippen molar-refractivity contribution in [2.24, 2.45) is 5.92 Å². The molecule has 0 aromatic rings. The van der Waals surface area contributed by atoms with Gasteiger partial charge in [0, 0.05) is 0 Å². The molecule has 0 saturated heterocycles. The number of hydrogen-bond donors (Lipinski definition) is 1. The molecular weight excluding hydrogens is 496 g/mol. The van der Waals surface area contributed by atoms with Gasteiger partial charge in [-0.3, -0.25) is 9.59 Å². The van der Waals surface area contributed by atoms with Crippen LogP contribution in [0.4, 0.5) is 0 Å². The molecule has 0 aliphatic heterocycles. The molecule has 0 aliphatic rings. The lowest BCUT2D eigenvalue weighted by molar-refractivity contribution is -0.151. The highest BCUT2D eigenvalue weighted by Gasteiger charge is 2.21. The van der Waals surface area contributed by atoms with E-state index in [0.717, 1.165) is 25.7 Å². The molecule has 236 valence electrons. The molecule has 0 amide bonds. The molecule has 0 aliphatic carbocycles. The lowest BCUT2D eigenvalue weighted by Gasteiger charge is -2.11. The van der Waals surface area contributed by atoms with Crippen LogP contribution in [-0.4, -0.2) is 23.7 Å². The first kappa shape index (κ1) is 38.7. The molecular formula is C36H68O4. The summed E-state index contributed by atoms with van der Waals surface area (Å²) in [5.74, 6) is -1.85. The SMILES string of the molecule is CCCCCCCCCCCCCC/C=C/CCCCCCCCCCCCCC(CC(=O)OCCC)C(=O)O. The van der Waals surface area contributed by atoms with Crippen LogP contribution in [0, 0.1) is 5.92 Å². The smallest absolute Gasteiger partial charge is 0.307 e. The van der Waals surface area contributed by atoms with Crippen molar-refractivity contribution < 1.29 is 19.4 Å². The molecule has 0 spiro atoms. The first-order chi connectivity index (χ1) is 19.6. The van der Waals surface area contributed by atoms with Gasteiger partial charge in [-0.1, -0.05) is 161 Å². The van der Waals surface area contributed by atoms with Crippen molar-refractivity contribution in [2.45, 2.75) is 194 Å². The molecule has 1 N–H and O–H groups in total. The third-order valence-corrected chi connectivity index (χ3v) is 8.04. The summed E-state index contributed by atoms with van der Waals surface area (Å²) in [6.45, 7) is 4.60. The number of esters is 1. The molecule has 0 heterocycles. The summed E-state index contributed by atoms with van der Waals surface area (Å²) in [6, 6.07) is 0. The van der Waals surface area contributed by atoms with Gasteiger partial charge in [-0.2, -0.15) is 0 Å². The second kappa shape index (κ2) is 32.2. The number of unbranched alkanes of at least 4 members (excludes halogenated alkanes) is 23. The number of carbonyl (C=O) groups excluding carboxylic acids is 1. The summed E-state index contributed by atoms with van der Waals surface area (Å²) in [5, 5.41) is 9.33. The minimum absolute atomic E-state index is 0.00506. The van der Waals surface area contributed by atoms with Crippen LogP contribution in [0.3, 0.4) is 0 Å². The van der Waals surface area contributed by atoms with E-state index in [0.29, 0.717) is 13.0 Å². The average molecular weight is 565 g/mol. The largest absolute Gasteiger partial charge is 0.481 e. The number of hydrogen-bond acceptors (Lipinski definition) is 3. The van der Waals surface area contributed by atoms with Crippen LogP contribution in [-0.2, 0) is 14.3 Å². The van der Waals surface area contributed by atoms with E-state index in [-0.39, 0.29) is 12.4 Å². The molecule has 0 aromatic carbocycles. The molecule has 0 fully saturated rings. The van der Waals surface area contributed by atoms with Crippen LogP contribution < -0.4 is 0 Å². The number of carbonyl (C=O) groups is 2. The number of ether oxygens (including phenoxy) is 1.